The second-order valence-corrected chi connectivity index (χ2v) is 7.39. The molecule has 0 bridgehead atoms. The van der Waals surface area contributed by atoms with Gasteiger partial charge in [-0.1, -0.05) is 6.07 Å². The van der Waals surface area contributed by atoms with Crippen molar-refractivity contribution in [1.29, 1.82) is 0 Å². The zero-order chi connectivity index (χ0) is 21.1. The third-order valence-electron chi connectivity index (χ3n) is 5.10. The Balaban J connectivity index is 1.31. The monoisotopic (exact) mass is 412 g/mol. The van der Waals surface area contributed by atoms with E-state index in [-0.39, 0.29) is 18.4 Å². The van der Waals surface area contributed by atoms with Crippen LogP contribution >= 0.6 is 0 Å². The molecule has 1 saturated heterocycles. The van der Waals surface area contributed by atoms with Crippen LogP contribution in [0, 0.1) is 11.6 Å². The number of carbonyl (C=O) groups excluding carboxylic acids is 1. The molecule has 3 aromatic rings. The fourth-order valence-electron chi connectivity index (χ4n) is 3.53. The lowest BCUT2D eigenvalue weighted by Gasteiger charge is -2.17. The van der Waals surface area contributed by atoms with Gasteiger partial charge in [0.25, 0.3) is 0 Å². The van der Waals surface area contributed by atoms with E-state index in [9.17, 15) is 13.6 Å². The topological polar surface area (TPSA) is 75.9 Å². The summed E-state index contributed by atoms with van der Waals surface area (Å²) < 4.78 is 28.0. The Bertz CT molecular complexity index is 1050. The van der Waals surface area contributed by atoms with Crippen molar-refractivity contribution in [3.05, 3.63) is 60.1 Å². The molecule has 156 valence electrons. The van der Waals surface area contributed by atoms with Gasteiger partial charge in [0.1, 0.15) is 0 Å². The van der Waals surface area contributed by atoms with Crippen molar-refractivity contribution in [3.8, 4) is 11.3 Å². The van der Waals surface area contributed by atoms with Crippen molar-refractivity contribution < 1.29 is 13.6 Å². The highest BCUT2D eigenvalue weighted by Gasteiger charge is 2.25. The Morgan fingerprint density at radius 2 is 2.13 bits per heavy atom. The molecule has 1 aliphatic rings. The third-order valence-corrected chi connectivity index (χ3v) is 5.10. The summed E-state index contributed by atoms with van der Waals surface area (Å²) in [6, 6.07) is 5.54. The molecule has 0 radical (unpaired) electrons. The first kappa shape index (κ1) is 19.9. The van der Waals surface area contributed by atoms with E-state index in [2.05, 4.69) is 20.4 Å². The minimum Gasteiger partial charge on any atom is -0.352 e. The number of hydrogen-bond acceptors (Lipinski definition) is 5. The van der Waals surface area contributed by atoms with Crippen molar-refractivity contribution >= 4 is 11.9 Å². The minimum absolute atomic E-state index is 0.00639. The Morgan fingerprint density at radius 1 is 1.27 bits per heavy atom. The van der Waals surface area contributed by atoms with Gasteiger partial charge in [0.2, 0.25) is 11.9 Å². The van der Waals surface area contributed by atoms with E-state index in [1.807, 2.05) is 24.2 Å². The second kappa shape index (κ2) is 8.56. The second-order valence-electron chi connectivity index (χ2n) is 7.39. The lowest BCUT2D eigenvalue weighted by molar-refractivity contribution is -0.121. The number of halogens is 2. The number of nitrogens with one attached hydrogen (secondary N) is 1. The molecule has 3 heterocycles. The maximum atomic E-state index is 13.3. The molecule has 1 unspecified atom stereocenters. The van der Waals surface area contributed by atoms with E-state index in [4.69, 9.17) is 0 Å². The Kier molecular flexibility index (Phi) is 5.69. The van der Waals surface area contributed by atoms with Gasteiger partial charge in [-0.05, 0) is 36.6 Å². The predicted molar refractivity (Wildman–Crippen MR) is 108 cm³/mol. The number of aromatic nitrogens is 4. The van der Waals surface area contributed by atoms with Crippen molar-refractivity contribution in [2.24, 2.45) is 7.05 Å². The Labute approximate surface area is 172 Å². The molecule has 0 saturated carbocycles. The number of rotatable bonds is 6. The van der Waals surface area contributed by atoms with E-state index in [0.29, 0.717) is 24.5 Å². The molecule has 1 N–H and O–H groups in total. The third kappa shape index (κ3) is 4.61. The number of anilines is 1. The normalized spacial score (nSPS) is 16.1. The number of benzene rings is 1. The van der Waals surface area contributed by atoms with Crippen molar-refractivity contribution in [2.75, 3.05) is 18.0 Å². The Hall–Kier alpha value is -3.36. The van der Waals surface area contributed by atoms with Crippen LogP contribution in [0.2, 0.25) is 0 Å². The molecule has 1 atom stereocenters. The number of amides is 1. The number of nitrogens with zero attached hydrogens (tertiary/aromatic N) is 5. The SMILES string of the molecule is Cn1cc(-c2ccnc(N3CCC(NC(=O)CCc4ccc(F)c(F)c4)C3)n2)cn1. The van der Waals surface area contributed by atoms with Gasteiger partial charge < -0.3 is 10.2 Å². The van der Waals surface area contributed by atoms with Gasteiger partial charge in [-0.2, -0.15) is 5.10 Å². The molecular formula is C21H22F2N6O. The molecular weight excluding hydrogens is 390 g/mol. The highest BCUT2D eigenvalue weighted by Crippen LogP contribution is 2.21. The summed E-state index contributed by atoms with van der Waals surface area (Å²) in [7, 11) is 1.85. The summed E-state index contributed by atoms with van der Waals surface area (Å²) in [6.45, 7) is 1.36. The van der Waals surface area contributed by atoms with Gasteiger partial charge in [0.05, 0.1) is 11.9 Å². The average Bonchev–Trinajstić information content (AvgIpc) is 3.38. The molecule has 9 heteroatoms. The zero-order valence-electron chi connectivity index (χ0n) is 16.6. The van der Waals surface area contributed by atoms with Gasteiger partial charge in [-0.25, -0.2) is 18.7 Å². The quantitative estimate of drug-likeness (QED) is 0.673. The highest BCUT2D eigenvalue weighted by atomic mass is 19.2. The summed E-state index contributed by atoms with van der Waals surface area (Å²) >= 11 is 0. The van der Waals surface area contributed by atoms with Gasteiger partial charge in [0.15, 0.2) is 11.6 Å². The van der Waals surface area contributed by atoms with Crippen molar-refractivity contribution in [2.45, 2.75) is 25.3 Å². The van der Waals surface area contributed by atoms with Crippen LogP contribution in [0.5, 0.6) is 0 Å². The molecule has 0 spiro atoms. The highest BCUT2D eigenvalue weighted by molar-refractivity contribution is 5.76. The summed E-state index contributed by atoms with van der Waals surface area (Å²) in [5.41, 5.74) is 2.31. The van der Waals surface area contributed by atoms with Crippen LogP contribution in [0.1, 0.15) is 18.4 Å². The summed E-state index contributed by atoms with van der Waals surface area (Å²) in [4.78, 5) is 23.3. The van der Waals surface area contributed by atoms with Gasteiger partial charge in [-0.3, -0.25) is 9.48 Å². The predicted octanol–water partition coefficient (Wildman–Crippen LogP) is 2.48. The zero-order valence-corrected chi connectivity index (χ0v) is 16.6. The van der Waals surface area contributed by atoms with E-state index in [0.717, 1.165) is 36.4 Å². The lowest BCUT2D eigenvalue weighted by atomic mass is 10.1. The van der Waals surface area contributed by atoms with E-state index < -0.39 is 11.6 Å². The molecule has 7 nitrogen and oxygen atoms in total. The Morgan fingerprint density at radius 3 is 2.90 bits per heavy atom. The van der Waals surface area contributed by atoms with Crippen molar-refractivity contribution in [3.63, 3.8) is 0 Å². The van der Waals surface area contributed by atoms with Gasteiger partial charge in [-0.15, -0.1) is 0 Å². The summed E-state index contributed by atoms with van der Waals surface area (Å²) in [6.07, 6.45) is 6.73. The molecule has 4 rings (SSSR count). The van der Waals surface area contributed by atoms with Crippen LogP contribution in [0.3, 0.4) is 0 Å². The van der Waals surface area contributed by atoms with Crippen molar-refractivity contribution in [1.82, 2.24) is 25.1 Å². The largest absolute Gasteiger partial charge is 0.352 e. The van der Waals surface area contributed by atoms with Gasteiger partial charge in [0, 0.05) is 50.6 Å². The first-order chi connectivity index (χ1) is 14.5. The molecule has 1 aromatic carbocycles. The fourth-order valence-corrected chi connectivity index (χ4v) is 3.53. The van der Waals surface area contributed by atoms with Crippen LogP contribution in [0.15, 0.2) is 42.9 Å². The molecule has 1 fully saturated rings. The average molecular weight is 412 g/mol. The molecule has 0 aliphatic carbocycles. The smallest absolute Gasteiger partial charge is 0.225 e. The first-order valence-electron chi connectivity index (χ1n) is 9.78. The van der Waals surface area contributed by atoms with Crippen LogP contribution in [-0.2, 0) is 18.3 Å². The van der Waals surface area contributed by atoms with Crippen LogP contribution in [0.4, 0.5) is 14.7 Å². The minimum atomic E-state index is -0.896. The van der Waals surface area contributed by atoms with E-state index >= 15 is 0 Å². The number of hydrogen-bond donors (Lipinski definition) is 1. The standard InChI is InChI=1S/C21H22F2N6O/c1-28-12-15(11-25-28)19-6-8-24-21(27-19)29-9-7-16(13-29)26-20(30)5-3-14-2-4-17(22)18(23)10-14/h2,4,6,8,10-12,16H,3,5,7,9,13H2,1H3,(H,26,30). The lowest BCUT2D eigenvalue weighted by Crippen LogP contribution is -2.37. The summed E-state index contributed by atoms with van der Waals surface area (Å²) in [5.74, 6) is -1.27. The van der Waals surface area contributed by atoms with E-state index in [1.54, 1.807) is 17.1 Å². The molecule has 1 amide bonds. The number of aryl methyl sites for hydroxylation is 2. The van der Waals surface area contributed by atoms with Gasteiger partial charge >= 0.3 is 0 Å². The number of carbonyl (C=O) groups is 1. The maximum Gasteiger partial charge on any atom is 0.225 e. The molecule has 30 heavy (non-hydrogen) atoms. The summed E-state index contributed by atoms with van der Waals surface area (Å²) in [5, 5.41) is 7.18. The molecule has 2 aromatic heterocycles. The van der Waals surface area contributed by atoms with Crippen LogP contribution in [-0.4, -0.2) is 44.8 Å². The molecule has 1 aliphatic heterocycles. The first-order valence-corrected chi connectivity index (χ1v) is 9.78. The van der Waals surface area contributed by atoms with E-state index in [1.165, 1.54) is 6.07 Å². The fraction of sp³-hybridized carbons (Fsp3) is 0.333. The van der Waals surface area contributed by atoms with Crippen LogP contribution < -0.4 is 10.2 Å². The van der Waals surface area contributed by atoms with Crippen LogP contribution in [0.25, 0.3) is 11.3 Å². The maximum absolute atomic E-state index is 13.3.